The molecule has 0 aliphatic carbocycles. The molecule has 5 nitrogen and oxygen atoms in total. The number of hydrogen-bond donors (Lipinski definition) is 0. The van der Waals surface area contributed by atoms with Crippen molar-refractivity contribution in [1.29, 1.82) is 0 Å². The van der Waals surface area contributed by atoms with Crippen molar-refractivity contribution in [1.82, 2.24) is 4.90 Å². The SMILES string of the molecule is C=CCOC1CCCN(C(=O)c2ccc3c(c2)OCO3)C1. The molecular formula is C16H19NO4. The Kier molecular flexibility index (Phi) is 4.10. The maximum absolute atomic E-state index is 12.6. The lowest BCUT2D eigenvalue weighted by Gasteiger charge is -2.32. The molecular weight excluding hydrogens is 270 g/mol. The molecule has 2 aliphatic rings. The van der Waals surface area contributed by atoms with E-state index in [9.17, 15) is 4.79 Å². The maximum atomic E-state index is 12.6. The molecule has 1 amide bonds. The monoisotopic (exact) mass is 289 g/mol. The smallest absolute Gasteiger partial charge is 0.254 e. The first-order chi connectivity index (χ1) is 10.3. The van der Waals surface area contributed by atoms with Crippen LogP contribution in [-0.2, 0) is 4.74 Å². The number of rotatable bonds is 4. The second-order valence-electron chi connectivity index (χ2n) is 5.21. The summed E-state index contributed by atoms with van der Waals surface area (Å²) in [5, 5.41) is 0. The fourth-order valence-corrected chi connectivity index (χ4v) is 2.67. The van der Waals surface area contributed by atoms with Crippen molar-refractivity contribution < 1.29 is 19.0 Å². The van der Waals surface area contributed by atoms with Crippen LogP contribution in [0.3, 0.4) is 0 Å². The predicted octanol–water partition coefficient (Wildman–Crippen LogP) is 2.22. The van der Waals surface area contributed by atoms with Crippen molar-refractivity contribution >= 4 is 5.91 Å². The molecule has 0 N–H and O–H groups in total. The number of benzene rings is 1. The molecule has 1 atom stereocenters. The Labute approximate surface area is 124 Å². The average molecular weight is 289 g/mol. The summed E-state index contributed by atoms with van der Waals surface area (Å²) in [5.74, 6) is 1.34. The summed E-state index contributed by atoms with van der Waals surface area (Å²) in [6.07, 6.45) is 3.77. The van der Waals surface area contributed by atoms with Gasteiger partial charge < -0.3 is 19.1 Å². The zero-order chi connectivity index (χ0) is 14.7. The van der Waals surface area contributed by atoms with Crippen molar-refractivity contribution in [3.63, 3.8) is 0 Å². The number of nitrogens with zero attached hydrogens (tertiary/aromatic N) is 1. The van der Waals surface area contributed by atoms with Gasteiger partial charge in [-0.05, 0) is 31.0 Å². The first kappa shape index (κ1) is 13.9. The highest BCUT2D eigenvalue weighted by Crippen LogP contribution is 2.33. The summed E-state index contributed by atoms with van der Waals surface area (Å²) >= 11 is 0. The number of piperidine rings is 1. The molecule has 0 aromatic heterocycles. The van der Waals surface area contributed by atoms with Gasteiger partial charge in [-0.15, -0.1) is 6.58 Å². The summed E-state index contributed by atoms with van der Waals surface area (Å²) < 4.78 is 16.3. The van der Waals surface area contributed by atoms with Crippen LogP contribution >= 0.6 is 0 Å². The van der Waals surface area contributed by atoms with E-state index in [2.05, 4.69) is 6.58 Å². The zero-order valence-electron chi connectivity index (χ0n) is 11.9. The minimum absolute atomic E-state index is 0.0141. The molecule has 112 valence electrons. The number of amides is 1. The van der Waals surface area contributed by atoms with Gasteiger partial charge >= 0.3 is 0 Å². The van der Waals surface area contributed by atoms with Crippen LogP contribution in [0.4, 0.5) is 0 Å². The van der Waals surface area contributed by atoms with Crippen molar-refractivity contribution in [2.45, 2.75) is 18.9 Å². The molecule has 5 heteroatoms. The fourth-order valence-electron chi connectivity index (χ4n) is 2.67. The Morgan fingerprint density at radius 2 is 2.29 bits per heavy atom. The topological polar surface area (TPSA) is 48.0 Å². The van der Waals surface area contributed by atoms with Crippen LogP contribution in [0.15, 0.2) is 30.9 Å². The molecule has 1 saturated heterocycles. The number of carbonyl (C=O) groups excluding carboxylic acids is 1. The van der Waals surface area contributed by atoms with Gasteiger partial charge in [0.15, 0.2) is 11.5 Å². The van der Waals surface area contributed by atoms with Gasteiger partial charge in [-0.1, -0.05) is 6.08 Å². The normalized spacial score (nSPS) is 20.4. The van der Waals surface area contributed by atoms with Gasteiger partial charge in [-0.3, -0.25) is 4.79 Å². The van der Waals surface area contributed by atoms with Gasteiger partial charge in [0.1, 0.15) is 0 Å². The van der Waals surface area contributed by atoms with Crippen LogP contribution in [0.1, 0.15) is 23.2 Å². The summed E-state index contributed by atoms with van der Waals surface area (Å²) in [6, 6.07) is 5.31. The lowest BCUT2D eigenvalue weighted by atomic mass is 10.1. The molecule has 0 spiro atoms. The molecule has 0 bridgehead atoms. The summed E-state index contributed by atoms with van der Waals surface area (Å²) in [7, 11) is 0. The third kappa shape index (κ3) is 3.03. The molecule has 1 fully saturated rings. The fraction of sp³-hybridized carbons (Fsp3) is 0.438. The summed E-state index contributed by atoms with van der Waals surface area (Å²) in [5.41, 5.74) is 0.628. The third-order valence-corrected chi connectivity index (χ3v) is 3.73. The van der Waals surface area contributed by atoms with E-state index in [1.54, 1.807) is 24.3 Å². The highest BCUT2D eigenvalue weighted by atomic mass is 16.7. The van der Waals surface area contributed by atoms with E-state index in [0.717, 1.165) is 19.4 Å². The first-order valence-corrected chi connectivity index (χ1v) is 7.19. The Morgan fingerprint density at radius 1 is 1.43 bits per heavy atom. The highest BCUT2D eigenvalue weighted by Gasteiger charge is 2.26. The number of fused-ring (bicyclic) bond motifs is 1. The van der Waals surface area contributed by atoms with E-state index in [-0.39, 0.29) is 18.8 Å². The van der Waals surface area contributed by atoms with E-state index < -0.39 is 0 Å². The predicted molar refractivity (Wildman–Crippen MR) is 77.6 cm³/mol. The Hall–Kier alpha value is -2.01. The lowest BCUT2D eigenvalue weighted by molar-refractivity contribution is 0.0134. The average Bonchev–Trinajstić information content (AvgIpc) is 3.00. The van der Waals surface area contributed by atoms with E-state index in [1.807, 2.05) is 4.90 Å². The molecule has 1 unspecified atom stereocenters. The van der Waals surface area contributed by atoms with Crippen molar-refractivity contribution in [3.05, 3.63) is 36.4 Å². The summed E-state index contributed by atoms with van der Waals surface area (Å²) in [4.78, 5) is 14.4. The molecule has 2 aliphatic heterocycles. The van der Waals surface area contributed by atoms with Crippen LogP contribution in [0, 0.1) is 0 Å². The number of ether oxygens (including phenoxy) is 3. The van der Waals surface area contributed by atoms with Crippen molar-refractivity contribution in [2.75, 3.05) is 26.5 Å². The maximum Gasteiger partial charge on any atom is 0.254 e. The van der Waals surface area contributed by atoms with E-state index >= 15 is 0 Å². The minimum atomic E-state index is 0.0141. The van der Waals surface area contributed by atoms with Crippen LogP contribution < -0.4 is 9.47 Å². The second-order valence-corrected chi connectivity index (χ2v) is 5.21. The van der Waals surface area contributed by atoms with Crippen molar-refractivity contribution in [2.24, 2.45) is 0 Å². The molecule has 1 aromatic carbocycles. The molecule has 2 heterocycles. The number of carbonyl (C=O) groups is 1. The molecule has 3 rings (SSSR count). The van der Waals surface area contributed by atoms with Crippen LogP contribution in [0.25, 0.3) is 0 Å². The van der Waals surface area contributed by atoms with Gasteiger partial charge in [0.2, 0.25) is 6.79 Å². The van der Waals surface area contributed by atoms with Gasteiger partial charge in [0, 0.05) is 18.7 Å². The molecule has 21 heavy (non-hydrogen) atoms. The van der Waals surface area contributed by atoms with Crippen LogP contribution in [-0.4, -0.2) is 43.4 Å². The van der Waals surface area contributed by atoms with Gasteiger partial charge in [0.25, 0.3) is 5.91 Å². The van der Waals surface area contributed by atoms with E-state index in [0.29, 0.717) is 30.2 Å². The summed E-state index contributed by atoms with van der Waals surface area (Å²) in [6.45, 7) is 5.78. The number of likely N-dealkylation sites (tertiary alicyclic amines) is 1. The Balaban J connectivity index is 1.68. The standard InChI is InChI=1S/C16H19NO4/c1-2-8-19-13-4-3-7-17(10-13)16(18)12-5-6-14-15(9-12)21-11-20-14/h2,5-6,9,13H,1,3-4,7-8,10-11H2. The Bertz CT molecular complexity index is 543. The minimum Gasteiger partial charge on any atom is -0.454 e. The second kappa shape index (κ2) is 6.18. The zero-order valence-corrected chi connectivity index (χ0v) is 11.9. The molecule has 0 radical (unpaired) electrons. The van der Waals surface area contributed by atoms with Crippen LogP contribution in [0.2, 0.25) is 0 Å². The first-order valence-electron chi connectivity index (χ1n) is 7.19. The van der Waals surface area contributed by atoms with Crippen molar-refractivity contribution in [3.8, 4) is 11.5 Å². The number of hydrogen-bond acceptors (Lipinski definition) is 4. The van der Waals surface area contributed by atoms with E-state index in [1.165, 1.54) is 0 Å². The third-order valence-electron chi connectivity index (χ3n) is 3.73. The Morgan fingerprint density at radius 3 is 3.14 bits per heavy atom. The largest absolute Gasteiger partial charge is 0.454 e. The highest BCUT2D eigenvalue weighted by molar-refractivity contribution is 5.95. The molecule has 0 saturated carbocycles. The van der Waals surface area contributed by atoms with Gasteiger partial charge in [-0.25, -0.2) is 0 Å². The van der Waals surface area contributed by atoms with Gasteiger partial charge in [-0.2, -0.15) is 0 Å². The quantitative estimate of drug-likeness (QED) is 0.797. The molecule has 1 aromatic rings. The lowest BCUT2D eigenvalue weighted by Crippen LogP contribution is -2.43. The van der Waals surface area contributed by atoms with Crippen LogP contribution in [0.5, 0.6) is 11.5 Å². The van der Waals surface area contributed by atoms with E-state index in [4.69, 9.17) is 14.2 Å². The van der Waals surface area contributed by atoms with Gasteiger partial charge in [0.05, 0.1) is 12.7 Å².